The monoisotopic (exact) mass is 271 g/mol. The van der Waals surface area contributed by atoms with Gasteiger partial charge in [0.15, 0.2) is 0 Å². The maximum atomic E-state index is 6.34. The summed E-state index contributed by atoms with van der Waals surface area (Å²) in [6.45, 7) is 10.8. The van der Waals surface area contributed by atoms with E-state index in [1.165, 1.54) is 5.56 Å². The first-order valence-electron chi connectivity index (χ1n) is 6.20. The third-order valence-electron chi connectivity index (χ3n) is 3.19. The third kappa shape index (κ3) is 3.89. The van der Waals surface area contributed by atoms with Crippen LogP contribution in [0.15, 0.2) is 18.2 Å². The number of rotatable bonds is 3. The summed E-state index contributed by atoms with van der Waals surface area (Å²) in [4.78, 5) is 0. The molecule has 0 saturated carbocycles. The molecular formula is C15H26ClNO. The fourth-order valence-corrected chi connectivity index (χ4v) is 1.82. The van der Waals surface area contributed by atoms with Crippen LogP contribution in [0, 0.1) is 5.41 Å². The molecule has 0 aliphatic carbocycles. The van der Waals surface area contributed by atoms with Crippen LogP contribution in [-0.2, 0) is 0 Å². The molecule has 3 heteroatoms. The van der Waals surface area contributed by atoms with E-state index in [2.05, 4.69) is 46.8 Å². The minimum Gasteiger partial charge on any atom is -0.496 e. The Balaban J connectivity index is 0.00000289. The quantitative estimate of drug-likeness (QED) is 0.890. The average Bonchev–Trinajstić information content (AvgIpc) is 2.25. The minimum atomic E-state index is -0.0175. The lowest BCUT2D eigenvalue weighted by Gasteiger charge is -2.29. The standard InChI is InChI=1S/C15H25NO.ClH/c1-10(2)11-7-8-13(17-6)12(9-11)14(16)15(3,4)5;/h7-10,14H,16H2,1-6H3;1H/t14-;/m0./s1. The van der Waals surface area contributed by atoms with Crippen molar-refractivity contribution in [2.24, 2.45) is 11.1 Å². The Morgan fingerprint density at radius 1 is 1.17 bits per heavy atom. The molecule has 0 amide bonds. The Labute approximate surface area is 117 Å². The summed E-state index contributed by atoms with van der Waals surface area (Å²) in [5.74, 6) is 1.39. The van der Waals surface area contributed by atoms with Gasteiger partial charge < -0.3 is 10.5 Å². The lowest BCUT2D eigenvalue weighted by atomic mass is 9.81. The zero-order valence-electron chi connectivity index (χ0n) is 12.3. The van der Waals surface area contributed by atoms with Crippen LogP contribution in [0.25, 0.3) is 0 Å². The van der Waals surface area contributed by atoms with Gasteiger partial charge in [-0.25, -0.2) is 0 Å². The molecule has 0 saturated heterocycles. The fourth-order valence-electron chi connectivity index (χ4n) is 1.82. The van der Waals surface area contributed by atoms with Crippen molar-refractivity contribution < 1.29 is 4.74 Å². The van der Waals surface area contributed by atoms with E-state index in [1.807, 2.05) is 6.07 Å². The zero-order chi connectivity index (χ0) is 13.2. The Bertz CT molecular complexity index is 383. The second kappa shape index (κ2) is 6.44. The van der Waals surface area contributed by atoms with E-state index in [-0.39, 0.29) is 23.9 Å². The molecule has 2 nitrogen and oxygen atoms in total. The molecule has 1 rings (SSSR count). The molecule has 0 heterocycles. The highest BCUT2D eigenvalue weighted by molar-refractivity contribution is 5.85. The first kappa shape index (κ1) is 17.3. The normalized spacial score (nSPS) is 13.1. The van der Waals surface area contributed by atoms with Crippen molar-refractivity contribution in [3.8, 4) is 5.75 Å². The van der Waals surface area contributed by atoms with Gasteiger partial charge in [-0.05, 0) is 23.0 Å². The molecule has 1 atom stereocenters. The van der Waals surface area contributed by atoms with Gasteiger partial charge in [-0.1, -0.05) is 46.8 Å². The smallest absolute Gasteiger partial charge is 0.123 e. The lowest BCUT2D eigenvalue weighted by molar-refractivity contribution is 0.314. The van der Waals surface area contributed by atoms with Crippen LogP contribution in [0.2, 0.25) is 0 Å². The van der Waals surface area contributed by atoms with Crippen LogP contribution in [0.1, 0.15) is 57.7 Å². The molecule has 0 radical (unpaired) electrons. The van der Waals surface area contributed by atoms with E-state index in [0.717, 1.165) is 11.3 Å². The van der Waals surface area contributed by atoms with E-state index in [9.17, 15) is 0 Å². The van der Waals surface area contributed by atoms with E-state index < -0.39 is 0 Å². The van der Waals surface area contributed by atoms with Crippen LogP contribution in [0.4, 0.5) is 0 Å². The van der Waals surface area contributed by atoms with E-state index in [0.29, 0.717) is 5.92 Å². The fraction of sp³-hybridized carbons (Fsp3) is 0.600. The number of nitrogens with two attached hydrogens (primary N) is 1. The molecule has 0 unspecified atom stereocenters. The van der Waals surface area contributed by atoms with Gasteiger partial charge in [0.05, 0.1) is 7.11 Å². The van der Waals surface area contributed by atoms with Crippen LogP contribution in [0.5, 0.6) is 5.75 Å². The molecule has 0 aliphatic rings. The lowest BCUT2D eigenvalue weighted by Crippen LogP contribution is -2.26. The average molecular weight is 272 g/mol. The number of benzene rings is 1. The molecule has 1 aromatic rings. The van der Waals surface area contributed by atoms with Gasteiger partial charge in [0.25, 0.3) is 0 Å². The molecule has 2 N–H and O–H groups in total. The molecule has 0 fully saturated rings. The van der Waals surface area contributed by atoms with Crippen LogP contribution in [-0.4, -0.2) is 7.11 Å². The summed E-state index contributed by atoms with van der Waals surface area (Å²) in [6, 6.07) is 6.30. The second-order valence-corrected chi connectivity index (χ2v) is 6.00. The van der Waals surface area contributed by atoms with Crippen LogP contribution < -0.4 is 10.5 Å². The molecule has 104 valence electrons. The minimum absolute atomic E-state index is 0. The summed E-state index contributed by atoms with van der Waals surface area (Å²) in [7, 11) is 1.70. The topological polar surface area (TPSA) is 35.2 Å². The highest BCUT2D eigenvalue weighted by Gasteiger charge is 2.25. The van der Waals surface area contributed by atoms with Crippen molar-refractivity contribution in [3.05, 3.63) is 29.3 Å². The Morgan fingerprint density at radius 3 is 2.11 bits per heavy atom. The van der Waals surface area contributed by atoms with Crippen LogP contribution in [0.3, 0.4) is 0 Å². The highest BCUT2D eigenvalue weighted by Crippen LogP contribution is 2.36. The highest BCUT2D eigenvalue weighted by atomic mass is 35.5. The summed E-state index contributed by atoms with van der Waals surface area (Å²) in [6.07, 6.45) is 0. The Morgan fingerprint density at radius 2 is 1.72 bits per heavy atom. The second-order valence-electron chi connectivity index (χ2n) is 6.00. The summed E-state index contributed by atoms with van der Waals surface area (Å²) >= 11 is 0. The maximum Gasteiger partial charge on any atom is 0.123 e. The van der Waals surface area contributed by atoms with E-state index in [1.54, 1.807) is 7.11 Å². The summed E-state index contributed by atoms with van der Waals surface area (Å²) in [5.41, 5.74) is 8.78. The molecule has 0 aliphatic heterocycles. The number of ether oxygens (including phenoxy) is 1. The Hall–Kier alpha value is -0.730. The van der Waals surface area contributed by atoms with Gasteiger partial charge in [-0.15, -0.1) is 12.4 Å². The predicted octanol–water partition coefficient (Wildman–Crippen LogP) is 4.29. The molecule has 0 spiro atoms. The van der Waals surface area contributed by atoms with E-state index in [4.69, 9.17) is 10.5 Å². The largest absolute Gasteiger partial charge is 0.496 e. The van der Waals surface area contributed by atoms with Crippen molar-refractivity contribution in [1.82, 2.24) is 0 Å². The van der Waals surface area contributed by atoms with E-state index >= 15 is 0 Å². The summed E-state index contributed by atoms with van der Waals surface area (Å²) in [5, 5.41) is 0. The zero-order valence-corrected chi connectivity index (χ0v) is 13.1. The van der Waals surface area contributed by atoms with Gasteiger partial charge in [0.1, 0.15) is 5.75 Å². The van der Waals surface area contributed by atoms with Gasteiger partial charge in [0.2, 0.25) is 0 Å². The molecular weight excluding hydrogens is 246 g/mol. The maximum absolute atomic E-state index is 6.34. The van der Waals surface area contributed by atoms with Crippen molar-refractivity contribution in [2.75, 3.05) is 7.11 Å². The Kier molecular flexibility index (Phi) is 6.18. The summed E-state index contributed by atoms with van der Waals surface area (Å²) < 4.78 is 5.42. The van der Waals surface area contributed by atoms with Gasteiger partial charge in [-0.2, -0.15) is 0 Å². The van der Waals surface area contributed by atoms with Crippen molar-refractivity contribution >= 4 is 12.4 Å². The molecule has 18 heavy (non-hydrogen) atoms. The van der Waals surface area contributed by atoms with Gasteiger partial charge >= 0.3 is 0 Å². The number of hydrogen-bond donors (Lipinski definition) is 1. The van der Waals surface area contributed by atoms with Crippen molar-refractivity contribution in [2.45, 2.75) is 46.6 Å². The third-order valence-corrected chi connectivity index (χ3v) is 3.19. The van der Waals surface area contributed by atoms with Crippen LogP contribution >= 0.6 is 12.4 Å². The number of halogens is 1. The van der Waals surface area contributed by atoms with Crippen molar-refractivity contribution in [3.63, 3.8) is 0 Å². The predicted molar refractivity (Wildman–Crippen MR) is 80.7 cm³/mol. The molecule has 0 aromatic heterocycles. The van der Waals surface area contributed by atoms with Crippen molar-refractivity contribution in [1.29, 1.82) is 0 Å². The first-order valence-corrected chi connectivity index (χ1v) is 6.20. The molecule has 1 aromatic carbocycles. The number of methoxy groups -OCH3 is 1. The molecule has 0 bridgehead atoms. The number of hydrogen-bond acceptors (Lipinski definition) is 2. The SMILES string of the molecule is COc1ccc(C(C)C)cc1[C@H](N)C(C)(C)C.Cl. The van der Waals surface area contributed by atoms with Gasteiger partial charge in [-0.3, -0.25) is 0 Å². The van der Waals surface area contributed by atoms with Gasteiger partial charge in [0, 0.05) is 11.6 Å². The first-order chi connectivity index (χ1) is 7.77.